The highest BCUT2D eigenvalue weighted by atomic mass is 79.9. The summed E-state index contributed by atoms with van der Waals surface area (Å²) in [6.07, 6.45) is 1.27. The van der Waals surface area contributed by atoms with Crippen molar-refractivity contribution in [3.8, 4) is 0 Å². The summed E-state index contributed by atoms with van der Waals surface area (Å²) in [6.45, 7) is 0.316. The van der Waals surface area contributed by atoms with Crippen molar-refractivity contribution in [2.75, 3.05) is 19.0 Å². The van der Waals surface area contributed by atoms with Crippen molar-refractivity contribution in [3.63, 3.8) is 0 Å². The fourth-order valence-corrected chi connectivity index (χ4v) is 2.96. The Balaban J connectivity index is 2.20. The third-order valence-electron chi connectivity index (χ3n) is 3.11. The zero-order chi connectivity index (χ0) is 16.3. The van der Waals surface area contributed by atoms with Gasteiger partial charge in [0.05, 0.1) is 0 Å². The first kappa shape index (κ1) is 16.9. The molecule has 118 valence electrons. The molecule has 0 saturated carbocycles. The molecule has 1 N–H and O–H groups in total. The van der Waals surface area contributed by atoms with Crippen LogP contribution >= 0.6 is 15.9 Å². The molecular formula is C14H15BrFN3O2S. The molecule has 0 amide bonds. The average Bonchev–Trinajstić information content (AvgIpc) is 2.51. The Kier molecular flexibility index (Phi) is 5.15. The lowest BCUT2D eigenvalue weighted by Crippen LogP contribution is -2.21. The molecule has 0 fully saturated rings. The molecule has 22 heavy (non-hydrogen) atoms. The van der Waals surface area contributed by atoms with Crippen molar-refractivity contribution in [2.24, 2.45) is 0 Å². The Hall–Kier alpha value is -1.51. The molecule has 2 rings (SSSR count). The minimum atomic E-state index is -3.51. The quantitative estimate of drug-likeness (QED) is 0.855. The Morgan fingerprint density at radius 1 is 1.32 bits per heavy atom. The number of halogens is 2. The number of rotatable bonds is 5. The fourth-order valence-electron chi connectivity index (χ4n) is 1.88. The second-order valence-electron chi connectivity index (χ2n) is 4.65. The number of pyridine rings is 1. The maximum atomic E-state index is 13.8. The van der Waals surface area contributed by atoms with E-state index in [1.807, 2.05) is 0 Å². The second kappa shape index (κ2) is 6.72. The van der Waals surface area contributed by atoms with Gasteiger partial charge in [0, 0.05) is 29.8 Å². The normalized spacial score (nSPS) is 11.5. The van der Waals surface area contributed by atoms with E-state index in [4.69, 9.17) is 0 Å². The van der Waals surface area contributed by atoms with Gasteiger partial charge in [0.15, 0.2) is 0 Å². The minimum absolute atomic E-state index is 0.0841. The summed E-state index contributed by atoms with van der Waals surface area (Å²) in [6, 6.07) is 7.77. The van der Waals surface area contributed by atoms with Crippen LogP contribution in [0.2, 0.25) is 0 Å². The van der Waals surface area contributed by atoms with Crippen LogP contribution in [0.15, 0.2) is 45.9 Å². The molecule has 1 heterocycles. The second-order valence-corrected chi connectivity index (χ2v) is 7.45. The molecule has 0 aliphatic carbocycles. The number of sulfonamides is 1. The highest BCUT2D eigenvalue weighted by Gasteiger charge is 2.13. The maximum absolute atomic E-state index is 13.8. The first-order valence-electron chi connectivity index (χ1n) is 6.38. The van der Waals surface area contributed by atoms with Gasteiger partial charge in [0.25, 0.3) is 0 Å². The summed E-state index contributed by atoms with van der Waals surface area (Å²) in [7, 11) is -0.412. The van der Waals surface area contributed by atoms with Crippen molar-refractivity contribution in [1.29, 1.82) is 0 Å². The molecule has 8 heteroatoms. The molecular weight excluding hydrogens is 373 g/mol. The Morgan fingerprint density at radius 2 is 2.05 bits per heavy atom. The van der Waals surface area contributed by atoms with Crippen LogP contribution in [0.25, 0.3) is 0 Å². The predicted octanol–water partition coefficient (Wildman–Crippen LogP) is 2.53. The summed E-state index contributed by atoms with van der Waals surface area (Å²) < 4.78 is 40.0. The van der Waals surface area contributed by atoms with Gasteiger partial charge >= 0.3 is 0 Å². The van der Waals surface area contributed by atoms with Gasteiger partial charge < -0.3 is 4.90 Å². The molecule has 0 aliphatic heterocycles. The van der Waals surface area contributed by atoms with Gasteiger partial charge in [-0.25, -0.2) is 22.5 Å². The molecule has 2 aromatic rings. The van der Waals surface area contributed by atoms with Crippen molar-refractivity contribution in [1.82, 2.24) is 9.71 Å². The first-order valence-corrected chi connectivity index (χ1v) is 8.66. The van der Waals surface area contributed by atoms with Gasteiger partial charge in [0.2, 0.25) is 10.0 Å². The van der Waals surface area contributed by atoms with E-state index in [-0.39, 0.29) is 10.7 Å². The predicted molar refractivity (Wildman–Crippen MR) is 86.7 cm³/mol. The largest absolute Gasteiger partial charge is 0.355 e. The van der Waals surface area contributed by atoms with Gasteiger partial charge in [-0.3, -0.25) is 0 Å². The molecule has 0 atom stereocenters. The number of aromatic nitrogens is 1. The van der Waals surface area contributed by atoms with E-state index in [1.165, 1.54) is 25.4 Å². The van der Waals surface area contributed by atoms with E-state index in [9.17, 15) is 12.8 Å². The maximum Gasteiger partial charge on any atom is 0.241 e. The fraction of sp³-hybridized carbons (Fsp3) is 0.214. The SMILES string of the molecule is CNS(=O)(=O)c1ccc(N(C)Cc2cc(Br)ccc2F)nc1. The van der Waals surface area contributed by atoms with E-state index >= 15 is 0 Å². The summed E-state index contributed by atoms with van der Waals surface area (Å²) in [5.74, 6) is 0.249. The third kappa shape index (κ3) is 3.82. The summed E-state index contributed by atoms with van der Waals surface area (Å²) in [5, 5.41) is 0. The van der Waals surface area contributed by atoms with Gasteiger partial charge in [-0.15, -0.1) is 0 Å². The van der Waals surface area contributed by atoms with E-state index in [0.717, 1.165) is 4.47 Å². The lowest BCUT2D eigenvalue weighted by atomic mass is 10.2. The molecule has 0 bridgehead atoms. The molecule has 5 nitrogen and oxygen atoms in total. The number of nitrogens with one attached hydrogen (secondary N) is 1. The third-order valence-corrected chi connectivity index (χ3v) is 5.00. The highest BCUT2D eigenvalue weighted by Crippen LogP contribution is 2.20. The van der Waals surface area contributed by atoms with Crippen LogP contribution in [0.4, 0.5) is 10.2 Å². The summed E-state index contributed by atoms with van der Waals surface area (Å²) >= 11 is 3.31. The van der Waals surface area contributed by atoms with E-state index < -0.39 is 10.0 Å². The van der Waals surface area contributed by atoms with Crippen molar-refractivity contribution < 1.29 is 12.8 Å². The minimum Gasteiger partial charge on any atom is -0.355 e. The standard InChI is InChI=1S/C14H15BrFN3O2S/c1-17-22(20,21)12-4-6-14(18-8-12)19(2)9-10-7-11(15)3-5-13(10)16/h3-8,17H,9H2,1-2H3. The van der Waals surface area contributed by atoms with E-state index in [2.05, 4.69) is 25.6 Å². The zero-order valence-electron chi connectivity index (χ0n) is 12.0. The van der Waals surface area contributed by atoms with Gasteiger partial charge in [0.1, 0.15) is 16.5 Å². The Morgan fingerprint density at radius 3 is 2.64 bits per heavy atom. The molecule has 0 saturated heterocycles. The van der Waals surface area contributed by atoms with E-state index in [0.29, 0.717) is 17.9 Å². The lowest BCUT2D eigenvalue weighted by Gasteiger charge is -2.19. The van der Waals surface area contributed by atoms with Crippen LogP contribution in [0.3, 0.4) is 0 Å². The number of benzene rings is 1. The first-order chi connectivity index (χ1) is 10.3. The molecule has 0 unspecified atom stereocenters. The van der Waals surface area contributed by atoms with Gasteiger partial charge in [-0.2, -0.15) is 0 Å². The van der Waals surface area contributed by atoms with Gasteiger partial charge in [-0.05, 0) is 37.4 Å². The molecule has 1 aromatic carbocycles. The molecule has 1 aromatic heterocycles. The van der Waals surface area contributed by atoms with E-state index in [1.54, 1.807) is 30.1 Å². The van der Waals surface area contributed by atoms with Crippen molar-refractivity contribution in [3.05, 3.63) is 52.4 Å². The van der Waals surface area contributed by atoms with Crippen LogP contribution in [0.5, 0.6) is 0 Å². The number of anilines is 1. The topological polar surface area (TPSA) is 62.3 Å². The molecule has 0 spiro atoms. The summed E-state index contributed by atoms with van der Waals surface area (Å²) in [5.41, 5.74) is 0.519. The Labute approximate surface area is 137 Å². The summed E-state index contributed by atoms with van der Waals surface area (Å²) in [4.78, 5) is 5.93. The monoisotopic (exact) mass is 387 g/mol. The molecule has 0 radical (unpaired) electrons. The van der Waals surface area contributed by atoms with Crippen LogP contribution in [0, 0.1) is 5.82 Å². The van der Waals surface area contributed by atoms with Gasteiger partial charge in [-0.1, -0.05) is 15.9 Å². The number of nitrogens with zero attached hydrogens (tertiary/aromatic N) is 2. The van der Waals surface area contributed by atoms with Crippen molar-refractivity contribution in [2.45, 2.75) is 11.4 Å². The highest BCUT2D eigenvalue weighted by molar-refractivity contribution is 9.10. The van der Waals surface area contributed by atoms with Crippen molar-refractivity contribution >= 4 is 31.8 Å². The van der Waals surface area contributed by atoms with Crippen LogP contribution < -0.4 is 9.62 Å². The van der Waals surface area contributed by atoms with Crippen LogP contribution in [0.1, 0.15) is 5.56 Å². The van der Waals surface area contributed by atoms with Crippen LogP contribution in [-0.2, 0) is 16.6 Å². The number of hydrogen-bond donors (Lipinski definition) is 1. The zero-order valence-corrected chi connectivity index (χ0v) is 14.4. The van der Waals surface area contributed by atoms with Crippen LogP contribution in [-0.4, -0.2) is 27.5 Å². The lowest BCUT2D eigenvalue weighted by molar-refractivity contribution is 0.588. The Bertz CT molecular complexity index is 766. The molecule has 0 aliphatic rings. The average molecular weight is 388 g/mol. The smallest absolute Gasteiger partial charge is 0.241 e. The number of hydrogen-bond acceptors (Lipinski definition) is 4.